The van der Waals surface area contributed by atoms with E-state index < -0.39 is 0 Å². The molecule has 0 saturated carbocycles. The second-order valence-electron chi connectivity index (χ2n) is 4.58. The van der Waals surface area contributed by atoms with E-state index in [1.165, 1.54) is 6.20 Å². The van der Waals surface area contributed by atoms with Crippen LogP contribution in [-0.4, -0.2) is 34.3 Å². The van der Waals surface area contributed by atoms with Crippen LogP contribution in [0, 0.1) is 17.2 Å². The van der Waals surface area contributed by atoms with Gasteiger partial charge >= 0.3 is 0 Å². The smallest absolute Gasteiger partial charge is 0.272 e. The van der Waals surface area contributed by atoms with Gasteiger partial charge in [-0.1, -0.05) is 6.92 Å². The number of alkyl halides is 1. The maximum absolute atomic E-state index is 12.2. The summed E-state index contributed by atoms with van der Waals surface area (Å²) < 4.78 is 0. The molecule has 4 nitrogen and oxygen atoms in total. The zero-order valence-electron chi connectivity index (χ0n) is 10.1. The number of rotatable bonds is 1. The molecule has 1 fully saturated rings. The second-order valence-corrected chi connectivity index (χ2v) is 5.14. The SMILES string of the molecule is CC1CN(C(=O)c2ccc(C#N)cn2)CCC1Cl. The van der Waals surface area contributed by atoms with Crippen molar-refractivity contribution in [3.05, 3.63) is 29.6 Å². The summed E-state index contributed by atoms with van der Waals surface area (Å²) >= 11 is 6.13. The minimum atomic E-state index is -0.0880. The van der Waals surface area contributed by atoms with E-state index in [0.717, 1.165) is 6.42 Å². The first kappa shape index (κ1) is 12.8. The largest absolute Gasteiger partial charge is 0.337 e. The number of carbonyl (C=O) groups excluding carboxylic acids is 1. The summed E-state index contributed by atoms with van der Waals surface area (Å²) in [6, 6.07) is 5.19. The molecule has 0 radical (unpaired) electrons. The highest BCUT2D eigenvalue weighted by molar-refractivity contribution is 6.20. The van der Waals surface area contributed by atoms with Crippen LogP contribution in [0.5, 0.6) is 0 Å². The van der Waals surface area contributed by atoms with E-state index in [1.54, 1.807) is 17.0 Å². The monoisotopic (exact) mass is 263 g/mol. The first-order chi connectivity index (χ1) is 8.61. The molecule has 1 aromatic rings. The van der Waals surface area contributed by atoms with Gasteiger partial charge in [0.25, 0.3) is 5.91 Å². The number of halogens is 1. The summed E-state index contributed by atoms with van der Waals surface area (Å²) in [5.41, 5.74) is 0.841. The number of hydrogen-bond acceptors (Lipinski definition) is 3. The standard InChI is InChI=1S/C13H14ClN3O/c1-9-8-17(5-4-11(9)14)13(18)12-3-2-10(6-15)7-16-12/h2-3,7,9,11H,4-5,8H2,1H3. The molecule has 2 atom stereocenters. The van der Waals surface area contributed by atoms with Crippen LogP contribution in [0.1, 0.15) is 29.4 Å². The van der Waals surface area contributed by atoms with Crippen molar-refractivity contribution in [3.8, 4) is 6.07 Å². The van der Waals surface area contributed by atoms with Crippen molar-refractivity contribution >= 4 is 17.5 Å². The third kappa shape index (κ3) is 2.62. The molecule has 0 aliphatic carbocycles. The average Bonchev–Trinajstić information content (AvgIpc) is 2.41. The maximum Gasteiger partial charge on any atom is 0.272 e. The van der Waals surface area contributed by atoms with E-state index in [4.69, 9.17) is 16.9 Å². The van der Waals surface area contributed by atoms with Gasteiger partial charge in [-0.3, -0.25) is 4.79 Å². The van der Waals surface area contributed by atoms with Crippen LogP contribution in [0.25, 0.3) is 0 Å². The van der Waals surface area contributed by atoms with Crippen LogP contribution in [0.3, 0.4) is 0 Å². The third-order valence-electron chi connectivity index (χ3n) is 3.20. The maximum atomic E-state index is 12.2. The number of nitrogens with zero attached hydrogens (tertiary/aromatic N) is 3. The molecule has 1 amide bonds. The average molecular weight is 264 g/mol. The second kappa shape index (κ2) is 5.36. The number of likely N-dealkylation sites (tertiary alicyclic amines) is 1. The van der Waals surface area contributed by atoms with E-state index in [0.29, 0.717) is 30.3 Å². The van der Waals surface area contributed by atoms with E-state index >= 15 is 0 Å². The number of hydrogen-bond donors (Lipinski definition) is 0. The van der Waals surface area contributed by atoms with Crippen molar-refractivity contribution in [1.29, 1.82) is 5.26 Å². The van der Waals surface area contributed by atoms with Crippen molar-refractivity contribution in [1.82, 2.24) is 9.88 Å². The first-order valence-corrected chi connectivity index (χ1v) is 6.35. The molecule has 1 aromatic heterocycles. The Morgan fingerprint density at radius 2 is 2.39 bits per heavy atom. The van der Waals surface area contributed by atoms with Crippen LogP contribution in [0.2, 0.25) is 0 Å². The lowest BCUT2D eigenvalue weighted by Gasteiger charge is -2.33. The predicted octanol–water partition coefficient (Wildman–Crippen LogP) is 2.04. The molecule has 2 heterocycles. The molecule has 0 aromatic carbocycles. The Labute approximate surface area is 111 Å². The summed E-state index contributed by atoms with van der Waals surface area (Å²) in [7, 11) is 0. The Kier molecular flexibility index (Phi) is 3.83. The number of carbonyl (C=O) groups is 1. The normalized spacial score (nSPS) is 23.5. The molecule has 0 spiro atoms. The summed E-state index contributed by atoms with van der Waals surface area (Å²) in [5, 5.41) is 8.82. The molecule has 18 heavy (non-hydrogen) atoms. The van der Waals surface area contributed by atoms with E-state index in [9.17, 15) is 4.79 Å². The van der Waals surface area contributed by atoms with Gasteiger partial charge in [-0.25, -0.2) is 4.98 Å². The van der Waals surface area contributed by atoms with Gasteiger partial charge in [0, 0.05) is 24.7 Å². The van der Waals surface area contributed by atoms with E-state index in [2.05, 4.69) is 4.98 Å². The fourth-order valence-corrected chi connectivity index (χ4v) is 2.23. The van der Waals surface area contributed by atoms with Crippen molar-refractivity contribution in [2.24, 2.45) is 5.92 Å². The molecule has 94 valence electrons. The molecule has 0 bridgehead atoms. The van der Waals surface area contributed by atoms with Gasteiger partial charge in [0.05, 0.1) is 5.56 Å². The number of pyridine rings is 1. The number of aromatic nitrogens is 1. The Morgan fingerprint density at radius 3 is 2.94 bits per heavy atom. The molecule has 2 rings (SSSR count). The lowest BCUT2D eigenvalue weighted by atomic mass is 9.99. The third-order valence-corrected chi connectivity index (χ3v) is 3.85. The Hall–Kier alpha value is -1.60. The molecule has 1 aliphatic rings. The quantitative estimate of drug-likeness (QED) is 0.729. The van der Waals surface area contributed by atoms with Gasteiger partial charge in [0.1, 0.15) is 11.8 Å². The van der Waals surface area contributed by atoms with Crippen LogP contribution in [-0.2, 0) is 0 Å². The zero-order valence-corrected chi connectivity index (χ0v) is 10.9. The highest BCUT2D eigenvalue weighted by Crippen LogP contribution is 2.22. The van der Waals surface area contributed by atoms with E-state index in [-0.39, 0.29) is 11.3 Å². The van der Waals surface area contributed by atoms with Gasteiger partial charge in [-0.15, -0.1) is 11.6 Å². The van der Waals surface area contributed by atoms with Crippen LogP contribution >= 0.6 is 11.6 Å². The zero-order chi connectivity index (χ0) is 13.1. The Balaban J connectivity index is 2.09. The van der Waals surface area contributed by atoms with Crippen molar-refractivity contribution in [2.75, 3.05) is 13.1 Å². The van der Waals surface area contributed by atoms with Crippen LogP contribution in [0.15, 0.2) is 18.3 Å². The van der Waals surface area contributed by atoms with Crippen molar-refractivity contribution < 1.29 is 4.79 Å². The van der Waals surface area contributed by atoms with Gasteiger partial charge in [0.15, 0.2) is 0 Å². The Morgan fingerprint density at radius 1 is 1.61 bits per heavy atom. The summed E-state index contributed by atoms with van der Waals surface area (Å²) in [5.74, 6) is 0.206. The molecule has 0 N–H and O–H groups in total. The van der Waals surface area contributed by atoms with Gasteiger partial charge in [0.2, 0.25) is 0 Å². The van der Waals surface area contributed by atoms with Gasteiger partial charge < -0.3 is 4.90 Å². The molecular formula is C13H14ClN3O. The van der Waals surface area contributed by atoms with Gasteiger partial charge in [-0.05, 0) is 24.5 Å². The molecule has 5 heteroatoms. The number of piperidine rings is 1. The fraction of sp³-hybridized carbons (Fsp3) is 0.462. The minimum absolute atomic E-state index is 0.0880. The summed E-state index contributed by atoms with van der Waals surface area (Å²) in [4.78, 5) is 18.0. The first-order valence-electron chi connectivity index (χ1n) is 5.91. The molecule has 1 saturated heterocycles. The number of amides is 1. The lowest BCUT2D eigenvalue weighted by molar-refractivity contribution is 0.0681. The highest BCUT2D eigenvalue weighted by atomic mass is 35.5. The lowest BCUT2D eigenvalue weighted by Crippen LogP contribution is -2.43. The molecular weight excluding hydrogens is 250 g/mol. The van der Waals surface area contributed by atoms with Crippen LogP contribution in [0.4, 0.5) is 0 Å². The van der Waals surface area contributed by atoms with Crippen LogP contribution < -0.4 is 0 Å². The topological polar surface area (TPSA) is 57.0 Å². The minimum Gasteiger partial charge on any atom is -0.337 e. The summed E-state index contributed by atoms with van der Waals surface area (Å²) in [6.07, 6.45) is 2.23. The predicted molar refractivity (Wildman–Crippen MR) is 68.3 cm³/mol. The van der Waals surface area contributed by atoms with Crippen molar-refractivity contribution in [3.63, 3.8) is 0 Å². The van der Waals surface area contributed by atoms with Gasteiger partial charge in [-0.2, -0.15) is 5.26 Å². The number of nitriles is 1. The van der Waals surface area contributed by atoms with E-state index in [1.807, 2.05) is 13.0 Å². The van der Waals surface area contributed by atoms with Crippen molar-refractivity contribution in [2.45, 2.75) is 18.7 Å². The Bertz CT molecular complexity index is 480. The fourth-order valence-electron chi connectivity index (χ4n) is 2.05. The highest BCUT2D eigenvalue weighted by Gasteiger charge is 2.28. The molecule has 1 aliphatic heterocycles. The molecule has 2 unspecified atom stereocenters. The summed E-state index contributed by atoms with van der Waals surface area (Å²) in [6.45, 7) is 3.37.